The zero-order chi connectivity index (χ0) is 24.0. The number of amides is 1. The van der Waals surface area contributed by atoms with Gasteiger partial charge in [-0.3, -0.25) is 9.52 Å². The number of rotatable bonds is 9. The van der Waals surface area contributed by atoms with Gasteiger partial charge in [-0.1, -0.05) is 17.7 Å². The lowest BCUT2D eigenvalue weighted by Gasteiger charge is -2.12. The average Bonchev–Trinajstić information content (AvgIpc) is 2.80. The molecule has 0 aliphatic carbocycles. The van der Waals surface area contributed by atoms with Crippen LogP contribution in [0.4, 0.5) is 10.1 Å². The SMILES string of the molecule is COc1ccc(CCNC(=O)c2ccc(Cl)c(NS(=O)(=O)c3ccc(F)cc3)c2)cc1OC. The van der Waals surface area contributed by atoms with Gasteiger partial charge in [0.05, 0.1) is 29.8 Å². The first-order valence-corrected chi connectivity index (χ1v) is 11.7. The van der Waals surface area contributed by atoms with Gasteiger partial charge < -0.3 is 14.8 Å². The first-order chi connectivity index (χ1) is 15.7. The van der Waals surface area contributed by atoms with E-state index in [1.807, 2.05) is 12.1 Å². The van der Waals surface area contributed by atoms with Crippen LogP contribution < -0.4 is 19.5 Å². The van der Waals surface area contributed by atoms with Crippen LogP contribution in [-0.2, 0) is 16.4 Å². The van der Waals surface area contributed by atoms with E-state index in [0.29, 0.717) is 24.5 Å². The van der Waals surface area contributed by atoms with Crippen LogP contribution in [0.15, 0.2) is 65.6 Å². The monoisotopic (exact) mass is 492 g/mol. The average molecular weight is 493 g/mol. The molecule has 0 aliphatic rings. The predicted molar refractivity (Wildman–Crippen MR) is 124 cm³/mol. The maximum atomic E-state index is 13.1. The molecule has 0 spiro atoms. The molecule has 0 saturated heterocycles. The minimum Gasteiger partial charge on any atom is -0.493 e. The van der Waals surface area contributed by atoms with Crippen molar-refractivity contribution in [1.29, 1.82) is 0 Å². The first-order valence-electron chi connectivity index (χ1n) is 9.80. The van der Waals surface area contributed by atoms with E-state index in [1.165, 1.54) is 18.2 Å². The number of hydrogen-bond donors (Lipinski definition) is 2. The lowest BCUT2D eigenvalue weighted by Crippen LogP contribution is -2.26. The molecular weight excluding hydrogens is 471 g/mol. The van der Waals surface area contributed by atoms with Gasteiger partial charge in [0.1, 0.15) is 5.82 Å². The summed E-state index contributed by atoms with van der Waals surface area (Å²) in [7, 11) is -0.914. The third kappa shape index (κ3) is 6.15. The summed E-state index contributed by atoms with van der Waals surface area (Å²) in [6.07, 6.45) is 0.545. The molecule has 3 aromatic rings. The molecular formula is C23H22ClFN2O5S. The van der Waals surface area contributed by atoms with Crippen molar-refractivity contribution in [3.8, 4) is 11.5 Å². The lowest BCUT2D eigenvalue weighted by atomic mass is 10.1. The molecule has 0 aromatic heterocycles. The van der Waals surface area contributed by atoms with Gasteiger partial charge in [0.2, 0.25) is 0 Å². The molecule has 1 amide bonds. The molecule has 0 atom stereocenters. The fourth-order valence-electron chi connectivity index (χ4n) is 3.02. The Bertz CT molecular complexity index is 1250. The number of sulfonamides is 1. The second-order valence-corrected chi connectivity index (χ2v) is 9.04. The number of carbonyl (C=O) groups excluding carboxylic acids is 1. The van der Waals surface area contributed by atoms with E-state index >= 15 is 0 Å². The summed E-state index contributed by atoms with van der Waals surface area (Å²) in [5, 5.41) is 2.90. The summed E-state index contributed by atoms with van der Waals surface area (Å²) in [5.74, 6) is 0.257. The smallest absolute Gasteiger partial charge is 0.261 e. The molecule has 3 rings (SSSR count). The molecule has 0 saturated carbocycles. The van der Waals surface area contributed by atoms with Gasteiger partial charge >= 0.3 is 0 Å². The van der Waals surface area contributed by atoms with Gasteiger partial charge in [-0.15, -0.1) is 0 Å². The Morgan fingerprint density at radius 1 is 0.970 bits per heavy atom. The Morgan fingerprint density at radius 2 is 1.67 bits per heavy atom. The molecule has 0 radical (unpaired) electrons. The highest BCUT2D eigenvalue weighted by molar-refractivity contribution is 7.92. The summed E-state index contributed by atoms with van der Waals surface area (Å²) in [5.41, 5.74) is 1.20. The molecule has 33 heavy (non-hydrogen) atoms. The van der Waals surface area contributed by atoms with Gasteiger partial charge in [-0.2, -0.15) is 0 Å². The Morgan fingerprint density at radius 3 is 2.33 bits per heavy atom. The highest BCUT2D eigenvalue weighted by atomic mass is 35.5. The van der Waals surface area contributed by atoms with Crippen molar-refractivity contribution in [3.63, 3.8) is 0 Å². The number of halogens is 2. The molecule has 0 heterocycles. The van der Waals surface area contributed by atoms with Crippen molar-refractivity contribution in [3.05, 3.63) is 82.6 Å². The minimum absolute atomic E-state index is 0.0357. The Labute approximate surface area is 196 Å². The number of benzene rings is 3. The zero-order valence-electron chi connectivity index (χ0n) is 17.9. The van der Waals surface area contributed by atoms with Gasteiger partial charge in [0, 0.05) is 12.1 Å². The normalized spacial score (nSPS) is 11.0. The maximum absolute atomic E-state index is 13.1. The Balaban J connectivity index is 1.67. The van der Waals surface area contributed by atoms with Crippen molar-refractivity contribution >= 4 is 33.2 Å². The molecule has 0 fully saturated rings. The third-order valence-corrected chi connectivity index (χ3v) is 6.45. The number of methoxy groups -OCH3 is 2. The molecule has 0 aliphatic heterocycles. The zero-order valence-corrected chi connectivity index (χ0v) is 19.5. The Hall–Kier alpha value is -3.30. The predicted octanol–water partition coefficient (Wildman–Crippen LogP) is 4.27. The number of anilines is 1. The van der Waals surface area contributed by atoms with E-state index in [-0.39, 0.29) is 21.2 Å². The Kier molecular flexibility index (Phi) is 7.78. The van der Waals surface area contributed by atoms with Crippen molar-refractivity contribution < 1.29 is 27.1 Å². The maximum Gasteiger partial charge on any atom is 0.261 e. The number of carbonyl (C=O) groups is 1. The van der Waals surface area contributed by atoms with E-state index in [2.05, 4.69) is 10.0 Å². The molecule has 0 unspecified atom stereocenters. The van der Waals surface area contributed by atoms with Crippen LogP contribution in [0.3, 0.4) is 0 Å². The van der Waals surface area contributed by atoms with Crippen LogP contribution in [0.25, 0.3) is 0 Å². The topological polar surface area (TPSA) is 93.7 Å². The fourth-order valence-corrected chi connectivity index (χ4v) is 4.31. The van der Waals surface area contributed by atoms with Crippen LogP contribution in [-0.4, -0.2) is 35.1 Å². The highest BCUT2D eigenvalue weighted by Crippen LogP contribution is 2.28. The number of ether oxygens (including phenoxy) is 2. The summed E-state index contributed by atoms with van der Waals surface area (Å²) < 4.78 is 51.0. The van der Waals surface area contributed by atoms with Crippen LogP contribution in [0.5, 0.6) is 11.5 Å². The van der Waals surface area contributed by atoms with E-state index < -0.39 is 21.7 Å². The summed E-state index contributed by atoms with van der Waals surface area (Å²) >= 11 is 6.12. The standard InChI is InChI=1S/C23H22ClFN2O5S/c1-31-21-10-3-15(13-22(21)32-2)11-12-26-23(28)16-4-9-19(24)20(14-16)27-33(29,30)18-7-5-17(25)6-8-18/h3-10,13-14,27H,11-12H2,1-2H3,(H,26,28). The van der Waals surface area contributed by atoms with Gasteiger partial charge in [0.25, 0.3) is 15.9 Å². The lowest BCUT2D eigenvalue weighted by molar-refractivity contribution is 0.0954. The molecule has 0 bridgehead atoms. The third-order valence-electron chi connectivity index (χ3n) is 4.74. The van der Waals surface area contributed by atoms with Crippen LogP contribution in [0, 0.1) is 5.82 Å². The molecule has 2 N–H and O–H groups in total. The van der Waals surface area contributed by atoms with E-state index in [4.69, 9.17) is 21.1 Å². The summed E-state index contributed by atoms with van der Waals surface area (Å²) in [4.78, 5) is 12.4. The van der Waals surface area contributed by atoms with Crippen LogP contribution >= 0.6 is 11.6 Å². The van der Waals surface area contributed by atoms with E-state index in [9.17, 15) is 17.6 Å². The summed E-state index contributed by atoms with van der Waals surface area (Å²) in [6.45, 7) is 0.341. The quantitative estimate of drug-likeness (QED) is 0.465. The van der Waals surface area contributed by atoms with Crippen molar-refractivity contribution in [2.24, 2.45) is 0 Å². The second-order valence-electron chi connectivity index (χ2n) is 6.95. The van der Waals surface area contributed by atoms with Gasteiger partial charge in [-0.05, 0) is 66.6 Å². The molecule has 174 valence electrons. The highest BCUT2D eigenvalue weighted by Gasteiger charge is 2.17. The molecule has 3 aromatic carbocycles. The fraction of sp³-hybridized carbons (Fsp3) is 0.174. The minimum atomic E-state index is -4.02. The van der Waals surface area contributed by atoms with E-state index in [1.54, 1.807) is 20.3 Å². The largest absolute Gasteiger partial charge is 0.493 e. The van der Waals surface area contributed by atoms with E-state index in [0.717, 1.165) is 29.8 Å². The van der Waals surface area contributed by atoms with Gasteiger partial charge in [-0.25, -0.2) is 12.8 Å². The van der Waals surface area contributed by atoms with Crippen molar-refractivity contribution in [2.45, 2.75) is 11.3 Å². The first kappa shape index (κ1) is 24.3. The number of nitrogens with one attached hydrogen (secondary N) is 2. The molecule has 10 heteroatoms. The van der Waals surface area contributed by atoms with Gasteiger partial charge in [0.15, 0.2) is 11.5 Å². The summed E-state index contributed by atoms with van der Waals surface area (Å²) in [6, 6.07) is 14.1. The second kappa shape index (κ2) is 10.5. The van der Waals surface area contributed by atoms with Crippen LogP contribution in [0.2, 0.25) is 5.02 Å². The number of hydrogen-bond acceptors (Lipinski definition) is 5. The van der Waals surface area contributed by atoms with Crippen molar-refractivity contribution in [1.82, 2.24) is 5.32 Å². The van der Waals surface area contributed by atoms with Crippen molar-refractivity contribution in [2.75, 3.05) is 25.5 Å². The van der Waals surface area contributed by atoms with Crippen LogP contribution in [0.1, 0.15) is 15.9 Å². The molecule has 7 nitrogen and oxygen atoms in total.